The number of benzene rings is 1. The minimum absolute atomic E-state index is 0.117. The average molecular weight is 447 g/mol. The number of carbonyl (C=O) groups is 1. The minimum atomic E-state index is -0.356. The number of ether oxygens (including phenoxy) is 1. The Morgan fingerprint density at radius 3 is 2.84 bits per heavy atom. The summed E-state index contributed by atoms with van der Waals surface area (Å²) in [6.07, 6.45) is 2.71. The molecule has 1 amide bonds. The number of rotatable bonds is 7. The van der Waals surface area contributed by atoms with E-state index in [1.165, 1.54) is 17.8 Å². The van der Waals surface area contributed by atoms with Crippen LogP contribution in [0.5, 0.6) is 0 Å². The number of thioether (sulfide) groups is 1. The molecule has 0 bridgehead atoms. The molecular weight excluding hydrogens is 419 g/mol. The second-order valence-corrected chi connectivity index (χ2v) is 8.85. The van der Waals surface area contributed by atoms with Crippen LogP contribution in [-0.4, -0.2) is 59.0 Å². The van der Waals surface area contributed by atoms with Gasteiger partial charge in [-0.15, -0.1) is 0 Å². The molecule has 1 saturated heterocycles. The number of carbonyl (C=O) groups excluding carboxylic acids is 1. The van der Waals surface area contributed by atoms with Crippen LogP contribution in [-0.2, 0) is 28.9 Å². The monoisotopic (exact) mass is 446 g/mol. The van der Waals surface area contributed by atoms with Gasteiger partial charge in [-0.1, -0.05) is 17.8 Å². The number of morpholine rings is 1. The largest absolute Gasteiger partial charge is 0.379 e. The second-order valence-electron chi connectivity index (χ2n) is 7.88. The molecule has 0 radical (unpaired) electrons. The molecule has 31 heavy (non-hydrogen) atoms. The van der Waals surface area contributed by atoms with Crippen LogP contribution in [0.2, 0.25) is 0 Å². The Balaban J connectivity index is 1.41. The van der Waals surface area contributed by atoms with Crippen LogP contribution in [0.15, 0.2) is 28.0 Å². The van der Waals surface area contributed by atoms with Crippen molar-refractivity contribution < 1.29 is 13.9 Å². The van der Waals surface area contributed by atoms with E-state index in [2.05, 4.69) is 15.2 Å². The SMILES string of the molecule is Cc1ccc(NC(=O)CSc2nc(=O)n(CCN3CCOCC3)c3c2CCC3)cc1F. The van der Waals surface area contributed by atoms with Gasteiger partial charge in [0.15, 0.2) is 0 Å². The van der Waals surface area contributed by atoms with E-state index in [4.69, 9.17) is 4.74 Å². The summed E-state index contributed by atoms with van der Waals surface area (Å²) in [5.74, 6) is -0.490. The zero-order valence-electron chi connectivity index (χ0n) is 17.7. The smallest absolute Gasteiger partial charge is 0.348 e. The predicted octanol–water partition coefficient (Wildman–Crippen LogP) is 2.24. The summed E-state index contributed by atoms with van der Waals surface area (Å²) in [5, 5.41) is 3.35. The quantitative estimate of drug-likeness (QED) is 0.519. The van der Waals surface area contributed by atoms with Crippen LogP contribution in [0.3, 0.4) is 0 Å². The van der Waals surface area contributed by atoms with Crippen molar-refractivity contribution in [2.24, 2.45) is 0 Å². The first-order chi connectivity index (χ1) is 15.0. The fourth-order valence-corrected chi connectivity index (χ4v) is 4.88. The van der Waals surface area contributed by atoms with E-state index in [0.29, 0.717) is 22.8 Å². The van der Waals surface area contributed by atoms with Crippen molar-refractivity contribution >= 4 is 23.4 Å². The molecule has 7 nitrogen and oxygen atoms in total. The maximum Gasteiger partial charge on any atom is 0.348 e. The van der Waals surface area contributed by atoms with Crippen molar-refractivity contribution in [3.8, 4) is 0 Å². The van der Waals surface area contributed by atoms with Gasteiger partial charge >= 0.3 is 5.69 Å². The molecule has 1 aliphatic heterocycles. The molecule has 1 fully saturated rings. The highest BCUT2D eigenvalue weighted by Gasteiger charge is 2.23. The van der Waals surface area contributed by atoms with Crippen molar-refractivity contribution in [3.63, 3.8) is 0 Å². The summed E-state index contributed by atoms with van der Waals surface area (Å²) in [7, 11) is 0. The summed E-state index contributed by atoms with van der Waals surface area (Å²) in [4.78, 5) is 31.7. The van der Waals surface area contributed by atoms with Crippen LogP contribution in [0.4, 0.5) is 10.1 Å². The molecule has 1 aromatic heterocycles. The van der Waals surface area contributed by atoms with Gasteiger partial charge in [-0.2, -0.15) is 4.98 Å². The molecule has 0 spiro atoms. The zero-order chi connectivity index (χ0) is 21.8. The van der Waals surface area contributed by atoms with Crippen LogP contribution in [0.1, 0.15) is 23.2 Å². The third-order valence-electron chi connectivity index (χ3n) is 5.74. The van der Waals surface area contributed by atoms with Crippen molar-refractivity contribution in [2.75, 3.05) is 43.9 Å². The van der Waals surface area contributed by atoms with E-state index < -0.39 is 0 Å². The maximum absolute atomic E-state index is 13.7. The number of fused-ring (bicyclic) bond motifs is 1. The number of halogens is 1. The second kappa shape index (κ2) is 9.93. The van der Waals surface area contributed by atoms with Crippen molar-refractivity contribution in [1.29, 1.82) is 0 Å². The van der Waals surface area contributed by atoms with E-state index in [-0.39, 0.29) is 23.2 Å². The minimum Gasteiger partial charge on any atom is -0.379 e. The number of aromatic nitrogens is 2. The van der Waals surface area contributed by atoms with Crippen molar-refractivity contribution in [2.45, 2.75) is 37.8 Å². The lowest BCUT2D eigenvalue weighted by molar-refractivity contribution is -0.113. The van der Waals surface area contributed by atoms with Gasteiger partial charge in [-0.05, 0) is 43.9 Å². The molecule has 1 N–H and O–H groups in total. The van der Waals surface area contributed by atoms with Gasteiger partial charge in [0.1, 0.15) is 10.8 Å². The summed E-state index contributed by atoms with van der Waals surface area (Å²) in [5.41, 5.74) is 2.83. The molecule has 2 aliphatic rings. The predicted molar refractivity (Wildman–Crippen MR) is 118 cm³/mol. The maximum atomic E-state index is 13.7. The zero-order valence-corrected chi connectivity index (χ0v) is 18.5. The third kappa shape index (κ3) is 5.34. The molecule has 166 valence electrons. The molecule has 0 atom stereocenters. The van der Waals surface area contributed by atoms with Crippen LogP contribution in [0, 0.1) is 12.7 Å². The Morgan fingerprint density at radius 1 is 1.26 bits per heavy atom. The summed E-state index contributed by atoms with van der Waals surface area (Å²) in [6, 6.07) is 4.61. The number of nitrogens with one attached hydrogen (secondary N) is 1. The molecule has 0 saturated carbocycles. The van der Waals surface area contributed by atoms with E-state index in [0.717, 1.165) is 63.4 Å². The molecule has 2 heterocycles. The average Bonchev–Trinajstić information content (AvgIpc) is 3.25. The first-order valence-corrected chi connectivity index (χ1v) is 11.6. The number of aryl methyl sites for hydroxylation is 1. The van der Waals surface area contributed by atoms with Gasteiger partial charge in [0.2, 0.25) is 5.91 Å². The molecule has 4 rings (SSSR count). The highest BCUT2D eigenvalue weighted by molar-refractivity contribution is 8.00. The number of nitrogens with zero attached hydrogens (tertiary/aromatic N) is 3. The van der Waals surface area contributed by atoms with E-state index in [9.17, 15) is 14.0 Å². The number of anilines is 1. The number of hydrogen-bond donors (Lipinski definition) is 1. The van der Waals surface area contributed by atoms with Gasteiger partial charge in [-0.25, -0.2) is 9.18 Å². The summed E-state index contributed by atoms with van der Waals surface area (Å²) in [6.45, 7) is 6.34. The normalized spacial score (nSPS) is 16.3. The topological polar surface area (TPSA) is 76.5 Å². The van der Waals surface area contributed by atoms with Crippen LogP contribution in [0.25, 0.3) is 0 Å². The molecule has 1 aliphatic carbocycles. The molecule has 9 heteroatoms. The van der Waals surface area contributed by atoms with Gasteiger partial charge in [-0.3, -0.25) is 14.3 Å². The number of hydrogen-bond acceptors (Lipinski definition) is 6. The molecular formula is C22H27FN4O3S. The van der Waals surface area contributed by atoms with Gasteiger partial charge < -0.3 is 10.1 Å². The van der Waals surface area contributed by atoms with Gasteiger partial charge in [0, 0.05) is 43.1 Å². The van der Waals surface area contributed by atoms with E-state index in [1.807, 2.05) is 0 Å². The highest BCUT2D eigenvalue weighted by atomic mass is 32.2. The van der Waals surface area contributed by atoms with Crippen LogP contribution >= 0.6 is 11.8 Å². The Bertz CT molecular complexity index is 1020. The van der Waals surface area contributed by atoms with Gasteiger partial charge in [0.25, 0.3) is 0 Å². The molecule has 2 aromatic rings. The van der Waals surface area contributed by atoms with Crippen molar-refractivity contribution in [1.82, 2.24) is 14.5 Å². The molecule has 1 aromatic carbocycles. The van der Waals surface area contributed by atoms with E-state index >= 15 is 0 Å². The standard InChI is InChI=1S/C22H27FN4O3S/c1-15-5-6-16(13-18(15)23)24-20(28)14-31-21-17-3-2-4-19(17)27(22(29)25-21)8-7-26-9-11-30-12-10-26/h5-6,13H,2-4,7-12,14H2,1H3,(H,24,28). The van der Waals surface area contributed by atoms with E-state index in [1.54, 1.807) is 23.6 Å². The summed E-state index contributed by atoms with van der Waals surface area (Å²) >= 11 is 1.27. The lowest BCUT2D eigenvalue weighted by Gasteiger charge is -2.27. The highest BCUT2D eigenvalue weighted by Crippen LogP contribution is 2.29. The van der Waals surface area contributed by atoms with Crippen LogP contribution < -0.4 is 11.0 Å². The Labute approximate surface area is 185 Å². The fraction of sp³-hybridized carbons (Fsp3) is 0.500. The summed E-state index contributed by atoms with van der Waals surface area (Å²) < 4.78 is 20.9. The fourth-order valence-electron chi connectivity index (χ4n) is 4.00. The third-order valence-corrected chi connectivity index (χ3v) is 6.76. The van der Waals surface area contributed by atoms with Gasteiger partial charge in [0.05, 0.1) is 19.0 Å². The lowest BCUT2D eigenvalue weighted by Crippen LogP contribution is -2.40. The first kappa shape index (κ1) is 22.0. The Morgan fingerprint density at radius 2 is 2.06 bits per heavy atom. The lowest BCUT2D eigenvalue weighted by atomic mass is 10.2. The first-order valence-electron chi connectivity index (χ1n) is 10.6. The Kier molecular flexibility index (Phi) is 7.04. The van der Waals surface area contributed by atoms with Crippen molar-refractivity contribution in [3.05, 3.63) is 51.3 Å². The molecule has 0 unspecified atom stereocenters. The number of amides is 1. The Hall–Kier alpha value is -2.23.